The van der Waals surface area contributed by atoms with Crippen molar-refractivity contribution in [2.75, 3.05) is 7.11 Å². The first-order valence-corrected chi connectivity index (χ1v) is 5.56. The van der Waals surface area contributed by atoms with Gasteiger partial charge >= 0.3 is 11.9 Å². The largest absolute Gasteiger partial charge is 0.496 e. The van der Waals surface area contributed by atoms with Crippen LogP contribution in [0.1, 0.15) is 26.6 Å². The number of methoxy groups -OCH3 is 1. The number of benzene rings is 1. The van der Waals surface area contributed by atoms with Crippen molar-refractivity contribution in [3.63, 3.8) is 0 Å². The van der Waals surface area contributed by atoms with E-state index in [-0.39, 0.29) is 5.89 Å². The molecule has 0 aliphatic carbocycles. The average molecular weight is 277 g/mol. The van der Waals surface area contributed by atoms with Gasteiger partial charge in [0.05, 0.1) is 7.11 Å². The first-order valence-electron chi connectivity index (χ1n) is 5.56. The monoisotopic (exact) mass is 277 g/mol. The van der Waals surface area contributed by atoms with Gasteiger partial charge in [-0.3, -0.25) is 0 Å². The molecular weight excluding hydrogens is 266 g/mol. The summed E-state index contributed by atoms with van der Waals surface area (Å²) < 4.78 is 10.2. The minimum atomic E-state index is -1.49. The lowest BCUT2D eigenvalue weighted by Crippen LogP contribution is -2.05. The van der Waals surface area contributed by atoms with E-state index in [4.69, 9.17) is 19.4 Å². The van der Waals surface area contributed by atoms with Gasteiger partial charge in [-0.25, -0.2) is 14.6 Å². The first kappa shape index (κ1) is 13.6. The van der Waals surface area contributed by atoms with Gasteiger partial charge in [0.15, 0.2) is 0 Å². The number of ether oxygens (including phenoxy) is 1. The molecule has 1 aromatic heterocycles. The van der Waals surface area contributed by atoms with E-state index in [2.05, 4.69) is 4.98 Å². The highest BCUT2D eigenvalue weighted by molar-refractivity contribution is 5.98. The molecule has 0 saturated carbocycles. The Kier molecular flexibility index (Phi) is 3.43. The molecule has 2 N–H and O–H groups in total. The van der Waals surface area contributed by atoms with Gasteiger partial charge < -0.3 is 19.4 Å². The van der Waals surface area contributed by atoms with Crippen molar-refractivity contribution in [3.05, 3.63) is 35.2 Å². The summed E-state index contributed by atoms with van der Waals surface area (Å²) in [6.45, 7) is 1.84. The van der Waals surface area contributed by atoms with Gasteiger partial charge in [0.1, 0.15) is 5.75 Å². The number of oxazole rings is 1. The zero-order chi connectivity index (χ0) is 14.9. The van der Waals surface area contributed by atoms with Crippen LogP contribution in [0.4, 0.5) is 0 Å². The molecule has 0 atom stereocenters. The number of hydrogen-bond acceptors (Lipinski definition) is 5. The highest BCUT2D eigenvalue weighted by atomic mass is 16.5. The molecule has 1 heterocycles. The molecule has 0 fully saturated rings. The molecule has 7 nitrogen and oxygen atoms in total. The fourth-order valence-corrected chi connectivity index (χ4v) is 1.69. The molecule has 2 rings (SSSR count). The Labute approximate surface area is 113 Å². The van der Waals surface area contributed by atoms with Gasteiger partial charge in [0.2, 0.25) is 17.3 Å². The molecule has 0 unspecified atom stereocenters. The molecule has 0 bridgehead atoms. The molecule has 0 amide bonds. The molecular formula is C13H11NO6. The van der Waals surface area contributed by atoms with Crippen LogP contribution in [-0.4, -0.2) is 34.2 Å². The van der Waals surface area contributed by atoms with Crippen molar-refractivity contribution in [2.24, 2.45) is 0 Å². The summed E-state index contributed by atoms with van der Waals surface area (Å²) in [4.78, 5) is 25.6. The van der Waals surface area contributed by atoms with Crippen LogP contribution in [0, 0.1) is 6.92 Å². The third-order valence-corrected chi connectivity index (χ3v) is 2.68. The predicted molar refractivity (Wildman–Crippen MR) is 67.1 cm³/mol. The summed E-state index contributed by atoms with van der Waals surface area (Å²) in [5.74, 6) is -3.17. The number of nitrogens with zero attached hydrogens (tertiary/aromatic N) is 1. The quantitative estimate of drug-likeness (QED) is 0.879. The average Bonchev–Trinajstić information content (AvgIpc) is 2.84. The Hall–Kier alpha value is -2.83. The SMILES string of the molecule is COc1cc(-c2nc(C(=O)O)c(C(=O)O)o2)ccc1C. The van der Waals surface area contributed by atoms with E-state index in [1.807, 2.05) is 6.92 Å². The maximum absolute atomic E-state index is 10.9. The molecule has 0 aliphatic rings. The minimum Gasteiger partial charge on any atom is -0.496 e. The molecule has 1 aromatic carbocycles. The van der Waals surface area contributed by atoms with Crippen LogP contribution in [0.5, 0.6) is 5.75 Å². The van der Waals surface area contributed by atoms with E-state index in [0.29, 0.717) is 11.3 Å². The summed E-state index contributed by atoms with van der Waals surface area (Å²) in [7, 11) is 1.49. The number of rotatable bonds is 4. The van der Waals surface area contributed by atoms with E-state index in [0.717, 1.165) is 5.56 Å². The van der Waals surface area contributed by atoms with Crippen molar-refractivity contribution in [3.8, 4) is 17.2 Å². The van der Waals surface area contributed by atoms with Crippen LogP contribution in [0.15, 0.2) is 22.6 Å². The first-order chi connectivity index (χ1) is 9.43. The van der Waals surface area contributed by atoms with Gasteiger partial charge in [-0.2, -0.15) is 0 Å². The number of aryl methyl sites for hydroxylation is 1. The number of aromatic nitrogens is 1. The highest BCUT2D eigenvalue weighted by Crippen LogP contribution is 2.28. The van der Waals surface area contributed by atoms with Crippen molar-refractivity contribution >= 4 is 11.9 Å². The minimum absolute atomic E-state index is 0.0851. The lowest BCUT2D eigenvalue weighted by Gasteiger charge is -2.05. The molecule has 0 aliphatic heterocycles. The van der Waals surface area contributed by atoms with E-state index < -0.39 is 23.4 Å². The number of hydrogen-bond donors (Lipinski definition) is 2. The molecule has 0 spiro atoms. The lowest BCUT2D eigenvalue weighted by atomic mass is 10.1. The molecule has 7 heteroatoms. The van der Waals surface area contributed by atoms with Gasteiger partial charge in [-0.05, 0) is 24.6 Å². The second-order valence-electron chi connectivity index (χ2n) is 3.99. The third-order valence-electron chi connectivity index (χ3n) is 2.68. The number of carboxylic acid groups (broad SMARTS) is 2. The van der Waals surface area contributed by atoms with E-state index in [1.54, 1.807) is 18.2 Å². The predicted octanol–water partition coefficient (Wildman–Crippen LogP) is 2.06. The Morgan fingerprint density at radius 2 is 1.95 bits per heavy atom. The number of carbonyl (C=O) groups is 2. The van der Waals surface area contributed by atoms with Crippen LogP contribution < -0.4 is 4.74 Å². The van der Waals surface area contributed by atoms with E-state index in [1.165, 1.54) is 7.11 Å². The summed E-state index contributed by atoms with van der Waals surface area (Å²) in [5.41, 5.74) is 0.675. The molecule has 104 valence electrons. The maximum atomic E-state index is 10.9. The van der Waals surface area contributed by atoms with Crippen LogP contribution in [0.3, 0.4) is 0 Å². The summed E-state index contributed by atoms with van der Waals surface area (Å²) in [6, 6.07) is 4.97. The van der Waals surface area contributed by atoms with Crippen molar-refractivity contribution in [1.82, 2.24) is 4.98 Å². The van der Waals surface area contributed by atoms with Gasteiger partial charge in [-0.15, -0.1) is 0 Å². The van der Waals surface area contributed by atoms with Crippen LogP contribution >= 0.6 is 0 Å². The zero-order valence-electron chi connectivity index (χ0n) is 10.7. The fourth-order valence-electron chi connectivity index (χ4n) is 1.69. The molecule has 0 radical (unpaired) electrons. The smallest absolute Gasteiger partial charge is 0.374 e. The van der Waals surface area contributed by atoms with E-state index >= 15 is 0 Å². The van der Waals surface area contributed by atoms with Crippen LogP contribution in [0.2, 0.25) is 0 Å². The number of carboxylic acids is 2. The topological polar surface area (TPSA) is 110 Å². The Morgan fingerprint density at radius 1 is 1.25 bits per heavy atom. The fraction of sp³-hybridized carbons (Fsp3) is 0.154. The Balaban J connectivity index is 2.56. The van der Waals surface area contributed by atoms with Crippen molar-refractivity contribution in [1.29, 1.82) is 0 Å². The summed E-state index contributed by atoms with van der Waals surface area (Å²) in [5, 5.41) is 17.8. The highest BCUT2D eigenvalue weighted by Gasteiger charge is 2.25. The van der Waals surface area contributed by atoms with Crippen molar-refractivity contribution in [2.45, 2.75) is 6.92 Å². The lowest BCUT2D eigenvalue weighted by molar-refractivity contribution is 0.0624. The van der Waals surface area contributed by atoms with Crippen molar-refractivity contribution < 1.29 is 29.0 Å². The Morgan fingerprint density at radius 3 is 2.45 bits per heavy atom. The van der Waals surface area contributed by atoms with Gasteiger partial charge in [-0.1, -0.05) is 6.07 Å². The summed E-state index contributed by atoms with van der Waals surface area (Å²) in [6.07, 6.45) is 0. The molecule has 2 aromatic rings. The van der Waals surface area contributed by atoms with E-state index in [9.17, 15) is 9.59 Å². The second kappa shape index (κ2) is 5.04. The zero-order valence-corrected chi connectivity index (χ0v) is 10.7. The number of aromatic carboxylic acids is 2. The van der Waals surface area contributed by atoms with Gasteiger partial charge in [0.25, 0.3) is 0 Å². The normalized spacial score (nSPS) is 10.3. The van der Waals surface area contributed by atoms with Crippen LogP contribution in [0.25, 0.3) is 11.5 Å². The van der Waals surface area contributed by atoms with Gasteiger partial charge in [0, 0.05) is 5.56 Å². The van der Waals surface area contributed by atoms with Crippen LogP contribution in [-0.2, 0) is 0 Å². The standard InChI is InChI=1S/C13H11NO6/c1-6-3-4-7(5-8(6)19-2)11-14-9(12(15)16)10(20-11)13(17)18/h3-5H,1-2H3,(H,15,16)(H,17,18). The summed E-state index contributed by atoms with van der Waals surface area (Å²) >= 11 is 0. The molecule has 20 heavy (non-hydrogen) atoms. The Bertz CT molecular complexity index is 657. The molecule has 0 saturated heterocycles. The third kappa shape index (κ3) is 2.33. The second-order valence-corrected chi connectivity index (χ2v) is 3.99. The maximum Gasteiger partial charge on any atom is 0.374 e.